The van der Waals surface area contributed by atoms with E-state index in [1.165, 1.54) is 12.1 Å². The number of carbonyl (C=O) groups excluding carboxylic acids is 1. The lowest BCUT2D eigenvalue weighted by molar-refractivity contribution is -0.529. The summed E-state index contributed by atoms with van der Waals surface area (Å²) in [4.78, 5) is 32.1. The summed E-state index contributed by atoms with van der Waals surface area (Å²) < 4.78 is 0. The Morgan fingerprint density at radius 1 is 1.30 bits per heavy atom. The fourth-order valence-corrected chi connectivity index (χ4v) is 2.37. The predicted molar refractivity (Wildman–Crippen MR) is 69.0 cm³/mol. The molecule has 0 radical (unpaired) electrons. The van der Waals surface area contributed by atoms with Crippen LogP contribution in [0.4, 0.5) is 5.69 Å². The molecule has 0 spiro atoms. The van der Waals surface area contributed by atoms with E-state index in [0.717, 1.165) is 6.07 Å². The average Bonchev–Trinajstić information content (AvgIpc) is 2.38. The van der Waals surface area contributed by atoms with Crippen LogP contribution in [-0.4, -0.2) is 21.8 Å². The molecule has 1 aromatic carbocycles. The number of nitro groups is 2. The number of nitro benzene ring substituents is 1. The van der Waals surface area contributed by atoms with Gasteiger partial charge in [0, 0.05) is 23.8 Å². The Balaban J connectivity index is 2.41. The van der Waals surface area contributed by atoms with Crippen molar-refractivity contribution in [2.45, 2.75) is 24.9 Å². The molecule has 1 saturated heterocycles. The van der Waals surface area contributed by atoms with E-state index in [1.807, 2.05) is 0 Å². The Morgan fingerprint density at radius 2 is 2.00 bits per heavy atom. The van der Waals surface area contributed by atoms with Crippen molar-refractivity contribution in [1.29, 1.82) is 0 Å². The van der Waals surface area contributed by atoms with Crippen LogP contribution in [0.5, 0.6) is 0 Å². The number of hydrogen-bond donors (Lipinski definition) is 1. The quantitative estimate of drug-likeness (QED) is 0.675. The molecule has 1 N–H and O–H groups in total. The van der Waals surface area contributed by atoms with Crippen molar-refractivity contribution in [2.24, 2.45) is 0 Å². The van der Waals surface area contributed by atoms with Gasteiger partial charge in [-0.1, -0.05) is 17.7 Å². The van der Waals surface area contributed by atoms with Gasteiger partial charge < -0.3 is 5.32 Å². The fraction of sp³-hybridized carbons (Fsp3) is 0.364. The average molecular weight is 300 g/mol. The highest BCUT2D eigenvalue weighted by molar-refractivity contribution is 6.32. The smallest absolute Gasteiger partial charge is 0.288 e. The van der Waals surface area contributed by atoms with Gasteiger partial charge in [-0.25, -0.2) is 0 Å². The van der Waals surface area contributed by atoms with E-state index >= 15 is 0 Å². The van der Waals surface area contributed by atoms with E-state index in [2.05, 4.69) is 5.32 Å². The van der Waals surface area contributed by atoms with Gasteiger partial charge in [-0.2, -0.15) is 0 Å². The van der Waals surface area contributed by atoms with Gasteiger partial charge in [-0.05, 0) is 11.6 Å². The highest BCUT2D eigenvalue weighted by Crippen LogP contribution is 2.32. The maximum absolute atomic E-state index is 11.4. The molecule has 8 nitrogen and oxygen atoms in total. The van der Waals surface area contributed by atoms with Crippen LogP contribution in [0, 0.1) is 20.2 Å². The monoisotopic (exact) mass is 299 g/mol. The zero-order valence-corrected chi connectivity index (χ0v) is 10.9. The number of benzene rings is 1. The molecule has 2 rings (SSSR count). The van der Waals surface area contributed by atoms with Crippen molar-refractivity contribution in [3.63, 3.8) is 0 Å². The van der Waals surface area contributed by atoms with Gasteiger partial charge in [0.25, 0.3) is 5.69 Å². The molecule has 0 bridgehead atoms. The summed E-state index contributed by atoms with van der Waals surface area (Å²) in [5.74, 6) is -0.314. The van der Waals surface area contributed by atoms with Crippen LogP contribution in [-0.2, 0) is 4.79 Å². The Morgan fingerprint density at radius 3 is 2.60 bits per heavy atom. The van der Waals surface area contributed by atoms with Crippen LogP contribution in [0.2, 0.25) is 5.02 Å². The maximum atomic E-state index is 11.4. The van der Waals surface area contributed by atoms with Crippen molar-refractivity contribution in [1.82, 2.24) is 5.32 Å². The normalized spacial score (nSPS) is 22.1. The first-order chi connectivity index (χ1) is 9.40. The van der Waals surface area contributed by atoms with Crippen molar-refractivity contribution < 1.29 is 14.6 Å². The van der Waals surface area contributed by atoms with E-state index in [-0.39, 0.29) is 29.5 Å². The minimum absolute atomic E-state index is 0.0569. The molecule has 1 aliphatic heterocycles. The molecule has 0 aliphatic carbocycles. The van der Waals surface area contributed by atoms with Gasteiger partial charge >= 0.3 is 0 Å². The Labute approximate surface area is 118 Å². The molecule has 1 aromatic rings. The first-order valence-corrected chi connectivity index (χ1v) is 6.14. The molecule has 20 heavy (non-hydrogen) atoms. The first kappa shape index (κ1) is 14.2. The van der Waals surface area contributed by atoms with E-state index in [1.54, 1.807) is 0 Å². The third-order valence-electron chi connectivity index (χ3n) is 3.17. The molecule has 1 amide bonds. The zero-order valence-electron chi connectivity index (χ0n) is 10.1. The Bertz CT molecular complexity index is 591. The molecule has 0 unspecified atom stereocenters. The second-order valence-corrected chi connectivity index (χ2v) is 4.81. The highest BCUT2D eigenvalue weighted by atomic mass is 35.5. The lowest BCUT2D eigenvalue weighted by Crippen LogP contribution is -2.45. The van der Waals surface area contributed by atoms with E-state index < -0.39 is 21.9 Å². The topological polar surface area (TPSA) is 115 Å². The number of nitrogens with zero attached hydrogens (tertiary/aromatic N) is 2. The van der Waals surface area contributed by atoms with Crippen LogP contribution < -0.4 is 5.32 Å². The largest absolute Gasteiger partial charge is 0.343 e. The lowest BCUT2D eigenvalue weighted by Gasteiger charge is -2.26. The number of carbonyl (C=O) groups is 1. The number of nitrogens with one attached hydrogen (secondary N) is 1. The summed E-state index contributed by atoms with van der Waals surface area (Å²) in [5.41, 5.74) is -0.0399. The molecule has 1 aliphatic rings. The minimum atomic E-state index is -1.01. The van der Waals surface area contributed by atoms with Crippen LogP contribution in [0.25, 0.3) is 0 Å². The van der Waals surface area contributed by atoms with Crippen LogP contribution >= 0.6 is 11.6 Å². The second-order valence-electron chi connectivity index (χ2n) is 4.40. The zero-order chi connectivity index (χ0) is 14.9. The number of rotatable bonds is 3. The molecule has 1 fully saturated rings. The number of piperidine rings is 1. The molecule has 2 atom stereocenters. The molecular formula is C11H10ClN3O5. The summed E-state index contributed by atoms with van der Waals surface area (Å²) in [7, 11) is 0. The van der Waals surface area contributed by atoms with Crippen molar-refractivity contribution in [3.8, 4) is 0 Å². The second kappa shape index (κ2) is 5.41. The number of amides is 1. The van der Waals surface area contributed by atoms with E-state index in [4.69, 9.17) is 11.6 Å². The van der Waals surface area contributed by atoms with Gasteiger partial charge in [-0.3, -0.25) is 25.0 Å². The maximum Gasteiger partial charge on any atom is 0.288 e. The molecule has 0 aromatic heterocycles. The number of halogens is 1. The lowest BCUT2D eigenvalue weighted by atomic mass is 9.92. The van der Waals surface area contributed by atoms with Gasteiger partial charge in [0.2, 0.25) is 11.9 Å². The molecule has 1 heterocycles. The molecular weight excluding hydrogens is 290 g/mol. The van der Waals surface area contributed by atoms with Crippen LogP contribution in [0.15, 0.2) is 18.2 Å². The van der Waals surface area contributed by atoms with Gasteiger partial charge in [0.1, 0.15) is 11.1 Å². The highest BCUT2D eigenvalue weighted by Gasteiger charge is 2.38. The van der Waals surface area contributed by atoms with Crippen molar-refractivity contribution in [2.75, 3.05) is 0 Å². The third-order valence-corrected chi connectivity index (χ3v) is 3.48. The third kappa shape index (κ3) is 2.69. The van der Waals surface area contributed by atoms with Crippen LogP contribution in [0.3, 0.4) is 0 Å². The first-order valence-electron chi connectivity index (χ1n) is 5.77. The standard InChI is InChI=1S/C11H10ClN3O5/c12-7-2-1-6(5-9(7)15(19)20)11-8(14(17)18)3-4-10(16)13-11/h1-2,5,8,11H,3-4H2,(H,13,16)/t8-,11-/m0/s1. The fourth-order valence-electron chi connectivity index (χ4n) is 2.18. The van der Waals surface area contributed by atoms with Gasteiger partial charge in [-0.15, -0.1) is 0 Å². The Hall–Kier alpha value is -2.22. The number of hydrogen-bond acceptors (Lipinski definition) is 5. The summed E-state index contributed by atoms with van der Waals surface area (Å²) in [6.45, 7) is 0. The van der Waals surface area contributed by atoms with Gasteiger partial charge in [0.05, 0.1) is 4.92 Å². The van der Waals surface area contributed by atoms with Crippen LogP contribution in [0.1, 0.15) is 24.4 Å². The molecule has 9 heteroatoms. The van der Waals surface area contributed by atoms with Crippen molar-refractivity contribution in [3.05, 3.63) is 49.0 Å². The minimum Gasteiger partial charge on any atom is -0.343 e. The summed E-state index contributed by atoms with van der Waals surface area (Å²) in [6.07, 6.45) is 0.164. The molecule has 0 saturated carbocycles. The SMILES string of the molecule is O=C1CC[C@H]([N+](=O)[O-])[C@H](c2ccc(Cl)c([N+](=O)[O-])c2)N1. The molecule has 106 valence electrons. The summed E-state index contributed by atoms with van der Waals surface area (Å²) in [6, 6.07) is 2.01. The van der Waals surface area contributed by atoms with E-state index in [0.29, 0.717) is 5.56 Å². The summed E-state index contributed by atoms with van der Waals surface area (Å²) in [5, 5.41) is 24.3. The van der Waals surface area contributed by atoms with Gasteiger partial charge in [0.15, 0.2) is 0 Å². The predicted octanol–water partition coefficient (Wildman–Crippen LogP) is 1.84. The van der Waals surface area contributed by atoms with E-state index in [9.17, 15) is 25.0 Å². The van der Waals surface area contributed by atoms with Crippen molar-refractivity contribution >= 4 is 23.2 Å². The summed E-state index contributed by atoms with van der Waals surface area (Å²) >= 11 is 5.69. The Kier molecular flexibility index (Phi) is 3.84.